The molecular weight excluding hydrogens is 204 g/mol. The fourth-order valence-corrected chi connectivity index (χ4v) is 2.10. The van der Waals surface area contributed by atoms with Gasteiger partial charge in [0.05, 0.1) is 18.3 Å². The molecule has 0 aliphatic carbocycles. The highest BCUT2D eigenvalue weighted by Crippen LogP contribution is 2.25. The maximum absolute atomic E-state index is 10.1. The molecule has 0 aliphatic rings. The molecule has 0 bridgehead atoms. The van der Waals surface area contributed by atoms with Gasteiger partial charge in [-0.2, -0.15) is 0 Å². The molecule has 0 saturated carbocycles. The third kappa shape index (κ3) is 4.04. The maximum atomic E-state index is 10.1. The minimum Gasteiger partial charge on any atom is -0.392 e. The van der Waals surface area contributed by atoms with Crippen molar-refractivity contribution in [1.29, 1.82) is 0 Å². The molecule has 0 spiro atoms. The third-order valence-corrected chi connectivity index (χ3v) is 3.52. The van der Waals surface area contributed by atoms with E-state index < -0.39 is 18.3 Å². The fraction of sp³-hybridized carbons (Fsp3) is 1.00. The smallest absolute Gasteiger partial charge is 0.0640 e. The summed E-state index contributed by atoms with van der Waals surface area (Å²) in [4.78, 5) is 0. The molecule has 98 valence electrons. The van der Waals surface area contributed by atoms with Crippen LogP contribution >= 0.6 is 0 Å². The SMILES string of the molecule is CC(C)C(O)C(C)C(O)C(C)C(O)C(C)C. The van der Waals surface area contributed by atoms with E-state index in [9.17, 15) is 15.3 Å². The molecule has 4 atom stereocenters. The summed E-state index contributed by atoms with van der Waals surface area (Å²) < 4.78 is 0. The lowest BCUT2D eigenvalue weighted by molar-refractivity contribution is -0.0650. The van der Waals surface area contributed by atoms with Crippen molar-refractivity contribution in [2.24, 2.45) is 23.7 Å². The topological polar surface area (TPSA) is 60.7 Å². The lowest BCUT2D eigenvalue weighted by atomic mass is 9.80. The molecule has 0 rings (SSSR count). The standard InChI is InChI=1S/C13H28O3/c1-7(2)11(14)9(5)13(16)10(6)12(15)8(3)4/h7-16H,1-6H3. The molecule has 0 fully saturated rings. The number of hydrogen-bond acceptors (Lipinski definition) is 3. The Labute approximate surface area is 99.5 Å². The van der Waals surface area contributed by atoms with E-state index >= 15 is 0 Å². The van der Waals surface area contributed by atoms with Gasteiger partial charge in [0.2, 0.25) is 0 Å². The largest absolute Gasteiger partial charge is 0.392 e. The second-order valence-corrected chi connectivity index (χ2v) is 5.68. The van der Waals surface area contributed by atoms with Gasteiger partial charge in [0.1, 0.15) is 0 Å². The van der Waals surface area contributed by atoms with Crippen LogP contribution in [0.5, 0.6) is 0 Å². The van der Waals surface area contributed by atoms with E-state index in [0.29, 0.717) is 0 Å². The summed E-state index contributed by atoms with van der Waals surface area (Å²) in [5.41, 5.74) is 0. The second kappa shape index (κ2) is 6.58. The average molecular weight is 232 g/mol. The van der Waals surface area contributed by atoms with Crippen molar-refractivity contribution >= 4 is 0 Å². The van der Waals surface area contributed by atoms with Crippen LogP contribution in [0.15, 0.2) is 0 Å². The maximum Gasteiger partial charge on any atom is 0.0640 e. The number of aliphatic hydroxyl groups excluding tert-OH is 3. The molecule has 0 amide bonds. The Hall–Kier alpha value is -0.120. The first kappa shape index (κ1) is 15.9. The van der Waals surface area contributed by atoms with E-state index in [1.165, 1.54) is 0 Å². The van der Waals surface area contributed by atoms with E-state index in [-0.39, 0.29) is 23.7 Å². The van der Waals surface area contributed by atoms with Gasteiger partial charge < -0.3 is 15.3 Å². The molecule has 0 saturated heterocycles. The molecule has 0 aliphatic heterocycles. The van der Waals surface area contributed by atoms with E-state index in [0.717, 1.165) is 0 Å². The number of rotatable bonds is 6. The van der Waals surface area contributed by atoms with E-state index in [1.54, 1.807) is 0 Å². The summed E-state index contributed by atoms with van der Waals surface area (Å²) in [6.07, 6.45) is -1.73. The summed E-state index contributed by atoms with van der Waals surface area (Å²) >= 11 is 0. The van der Waals surface area contributed by atoms with Crippen molar-refractivity contribution in [2.75, 3.05) is 0 Å². The quantitative estimate of drug-likeness (QED) is 0.652. The third-order valence-electron chi connectivity index (χ3n) is 3.52. The van der Waals surface area contributed by atoms with Crippen molar-refractivity contribution in [3.05, 3.63) is 0 Å². The molecule has 4 unspecified atom stereocenters. The zero-order chi connectivity index (χ0) is 13.0. The molecule has 0 aromatic heterocycles. The molecule has 3 nitrogen and oxygen atoms in total. The van der Waals surface area contributed by atoms with Crippen LogP contribution in [0.1, 0.15) is 41.5 Å². The Balaban J connectivity index is 4.48. The molecule has 3 heteroatoms. The number of aliphatic hydroxyl groups is 3. The summed E-state index contributed by atoms with van der Waals surface area (Å²) in [5, 5.41) is 29.9. The predicted octanol–water partition coefficient (Wildman–Crippen LogP) is 1.65. The van der Waals surface area contributed by atoms with Gasteiger partial charge in [-0.1, -0.05) is 41.5 Å². The lowest BCUT2D eigenvalue weighted by Gasteiger charge is -2.33. The van der Waals surface area contributed by atoms with Gasteiger partial charge in [0.15, 0.2) is 0 Å². The van der Waals surface area contributed by atoms with Crippen molar-refractivity contribution in [1.82, 2.24) is 0 Å². The summed E-state index contributed by atoms with van der Waals surface area (Å²) in [6, 6.07) is 0. The van der Waals surface area contributed by atoms with Crippen LogP contribution in [0.25, 0.3) is 0 Å². The van der Waals surface area contributed by atoms with Gasteiger partial charge in [-0.15, -0.1) is 0 Å². The molecular formula is C13H28O3. The Morgan fingerprint density at radius 3 is 0.938 bits per heavy atom. The molecule has 0 heterocycles. The highest BCUT2D eigenvalue weighted by atomic mass is 16.3. The highest BCUT2D eigenvalue weighted by Gasteiger charge is 2.32. The van der Waals surface area contributed by atoms with Crippen molar-refractivity contribution in [3.63, 3.8) is 0 Å². The van der Waals surface area contributed by atoms with Gasteiger partial charge >= 0.3 is 0 Å². The van der Waals surface area contributed by atoms with E-state index in [4.69, 9.17) is 0 Å². The van der Waals surface area contributed by atoms with Crippen LogP contribution < -0.4 is 0 Å². The monoisotopic (exact) mass is 232 g/mol. The van der Waals surface area contributed by atoms with E-state index in [1.807, 2.05) is 41.5 Å². The Morgan fingerprint density at radius 1 is 0.500 bits per heavy atom. The first-order valence-electron chi connectivity index (χ1n) is 6.24. The molecule has 3 N–H and O–H groups in total. The molecule has 0 radical (unpaired) electrons. The Bertz CT molecular complexity index is 172. The average Bonchev–Trinajstić information content (AvgIpc) is 2.23. The van der Waals surface area contributed by atoms with Crippen molar-refractivity contribution in [2.45, 2.75) is 59.9 Å². The summed E-state index contributed by atoms with van der Waals surface area (Å²) in [5.74, 6) is -0.201. The van der Waals surface area contributed by atoms with Gasteiger partial charge in [-0.3, -0.25) is 0 Å². The zero-order valence-electron chi connectivity index (χ0n) is 11.4. The van der Waals surface area contributed by atoms with Crippen LogP contribution in [-0.2, 0) is 0 Å². The van der Waals surface area contributed by atoms with Crippen LogP contribution in [0, 0.1) is 23.7 Å². The molecule has 16 heavy (non-hydrogen) atoms. The van der Waals surface area contributed by atoms with Crippen LogP contribution in [-0.4, -0.2) is 33.6 Å². The zero-order valence-corrected chi connectivity index (χ0v) is 11.4. The first-order chi connectivity index (χ1) is 7.20. The summed E-state index contributed by atoms with van der Waals surface area (Å²) in [6.45, 7) is 11.4. The highest BCUT2D eigenvalue weighted by molar-refractivity contribution is 4.82. The van der Waals surface area contributed by atoms with Gasteiger partial charge in [-0.25, -0.2) is 0 Å². The van der Waals surface area contributed by atoms with Crippen LogP contribution in [0.4, 0.5) is 0 Å². The van der Waals surface area contributed by atoms with Crippen molar-refractivity contribution < 1.29 is 15.3 Å². The fourth-order valence-electron chi connectivity index (χ4n) is 2.10. The first-order valence-corrected chi connectivity index (χ1v) is 6.24. The minimum absolute atomic E-state index is 0.119. The minimum atomic E-state index is -0.671. The van der Waals surface area contributed by atoms with E-state index in [2.05, 4.69) is 0 Å². The predicted molar refractivity (Wildman–Crippen MR) is 66.0 cm³/mol. The molecule has 0 aromatic carbocycles. The summed E-state index contributed by atoms with van der Waals surface area (Å²) in [7, 11) is 0. The van der Waals surface area contributed by atoms with Crippen LogP contribution in [0.3, 0.4) is 0 Å². The Morgan fingerprint density at radius 2 is 0.750 bits per heavy atom. The van der Waals surface area contributed by atoms with Gasteiger partial charge in [-0.05, 0) is 11.8 Å². The van der Waals surface area contributed by atoms with Gasteiger partial charge in [0, 0.05) is 11.8 Å². The van der Waals surface area contributed by atoms with Gasteiger partial charge in [0.25, 0.3) is 0 Å². The lowest BCUT2D eigenvalue weighted by Crippen LogP contribution is -2.42. The number of hydrogen-bond donors (Lipinski definition) is 3. The van der Waals surface area contributed by atoms with Crippen molar-refractivity contribution in [3.8, 4) is 0 Å². The normalized spacial score (nSPS) is 21.9. The second-order valence-electron chi connectivity index (χ2n) is 5.68. The van der Waals surface area contributed by atoms with Crippen LogP contribution in [0.2, 0.25) is 0 Å². The Kier molecular flexibility index (Phi) is 6.53. The molecule has 0 aromatic rings.